The summed E-state index contributed by atoms with van der Waals surface area (Å²) in [6.07, 6.45) is -4.77. The summed E-state index contributed by atoms with van der Waals surface area (Å²) in [6, 6.07) is 12.2. The SMILES string of the molecule is N#Cc1ccc(S(=O)(=O)N2CCN(C(=O)NCc3ccc(OC(F)(F)F)cc3)CC2)cc1. The van der Waals surface area contributed by atoms with Crippen LogP contribution in [0.2, 0.25) is 0 Å². The molecule has 3 rings (SSSR count). The standard InChI is InChI=1S/C20H19F3N4O4S/c21-20(22,23)31-17-5-1-16(2-6-17)14-25-19(28)26-9-11-27(12-10-26)32(29,30)18-7-3-15(13-24)4-8-18/h1-8H,9-12,14H2,(H,25,28). The lowest BCUT2D eigenvalue weighted by molar-refractivity contribution is -0.274. The number of alkyl halides is 3. The summed E-state index contributed by atoms with van der Waals surface area (Å²) in [5.74, 6) is -0.354. The quantitative estimate of drug-likeness (QED) is 0.727. The fourth-order valence-electron chi connectivity index (χ4n) is 3.08. The molecule has 170 valence electrons. The fourth-order valence-corrected chi connectivity index (χ4v) is 4.50. The molecule has 1 heterocycles. The first kappa shape index (κ1) is 23.4. The molecule has 0 bridgehead atoms. The van der Waals surface area contributed by atoms with Gasteiger partial charge in [0.1, 0.15) is 5.75 Å². The number of piperazine rings is 1. The van der Waals surface area contributed by atoms with Gasteiger partial charge >= 0.3 is 12.4 Å². The molecule has 1 aliphatic heterocycles. The van der Waals surface area contributed by atoms with Crippen molar-refractivity contribution < 1.29 is 31.1 Å². The lowest BCUT2D eigenvalue weighted by Gasteiger charge is -2.34. The maximum Gasteiger partial charge on any atom is 0.573 e. The Morgan fingerprint density at radius 2 is 1.62 bits per heavy atom. The number of halogens is 3. The average molecular weight is 468 g/mol. The fraction of sp³-hybridized carbons (Fsp3) is 0.300. The zero-order valence-electron chi connectivity index (χ0n) is 16.7. The Labute approximate surface area is 182 Å². The first-order chi connectivity index (χ1) is 15.1. The average Bonchev–Trinajstić information content (AvgIpc) is 2.77. The molecule has 2 amide bonds. The molecule has 0 radical (unpaired) electrons. The number of hydrogen-bond donors (Lipinski definition) is 1. The molecule has 1 fully saturated rings. The molecule has 12 heteroatoms. The Bertz CT molecular complexity index is 1090. The molecule has 1 N–H and O–H groups in total. The smallest absolute Gasteiger partial charge is 0.406 e. The second kappa shape index (κ2) is 9.46. The molecule has 8 nitrogen and oxygen atoms in total. The van der Waals surface area contributed by atoms with Crippen LogP contribution in [-0.2, 0) is 16.6 Å². The zero-order chi connectivity index (χ0) is 23.4. The van der Waals surface area contributed by atoms with Gasteiger partial charge in [-0.25, -0.2) is 13.2 Å². The molecular formula is C20H19F3N4O4S. The van der Waals surface area contributed by atoms with Gasteiger partial charge in [0.15, 0.2) is 0 Å². The number of nitrogens with one attached hydrogen (secondary N) is 1. The number of carbonyl (C=O) groups excluding carboxylic acids is 1. The largest absolute Gasteiger partial charge is 0.573 e. The summed E-state index contributed by atoms with van der Waals surface area (Å²) in [5, 5.41) is 11.5. The van der Waals surface area contributed by atoms with Crippen molar-refractivity contribution in [3.8, 4) is 11.8 Å². The van der Waals surface area contributed by atoms with E-state index in [0.717, 1.165) is 12.1 Å². The molecule has 0 atom stereocenters. The Hall–Kier alpha value is -3.30. The molecular weight excluding hydrogens is 449 g/mol. The minimum absolute atomic E-state index is 0.0763. The van der Waals surface area contributed by atoms with E-state index >= 15 is 0 Å². The summed E-state index contributed by atoms with van der Waals surface area (Å²) >= 11 is 0. The highest BCUT2D eigenvalue weighted by Gasteiger charge is 2.31. The lowest BCUT2D eigenvalue weighted by Crippen LogP contribution is -2.52. The van der Waals surface area contributed by atoms with Crippen molar-refractivity contribution in [2.45, 2.75) is 17.8 Å². The first-order valence-corrected chi connectivity index (χ1v) is 10.9. The van der Waals surface area contributed by atoms with Crippen LogP contribution in [0, 0.1) is 11.3 Å². The third kappa shape index (κ3) is 5.89. The number of sulfonamides is 1. The number of nitrogens with zero attached hydrogens (tertiary/aromatic N) is 3. The van der Waals surface area contributed by atoms with Crippen molar-refractivity contribution in [3.05, 3.63) is 59.7 Å². The third-order valence-corrected chi connectivity index (χ3v) is 6.66. The number of nitriles is 1. The number of hydrogen-bond acceptors (Lipinski definition) is 5. The van der Waals surface area contributed by atoms with Crippen LogP contribution >= 0.6 is 0 Å². The molecule has 2 aromatic rings. The van der Waals surface area contributed by atoms with Crippen LogP contribution < -0.4 is 10.1 Å². The maximum absolute atomic E-state index is 12.7. The van der Waals surface area contributed by atoms with Crippen LogP contribution in [0.15, 0.2) is 53.4 Å². The summed E-state index contributed by atoms with van der Waals surface area (Å²) in [5.41, 5.74) is 0.933. The highest BCUT2D eigenvalue weighted by Crippen LogP contribution is 2.23. The molecule has 0 spiro atoms. The molecule has 1 saturated heterocycles. The van der Waals surface area contributed by atoms with Crippen LogP contribution in [0.1, 0.15) is 11.1 Å². The molecule has 2 aromatic carbocycles. The number of ether oxygens (including phenoxy) is 1. The van der Waals surface area contributed by atoms with Crippen molar-refractivity contribution in [1.29, 1.82) is 5.26 Å². The van der Waals surface area contributed by atoms with Gasteiger partial charge < -0.3 is 15.0 Å². The molecule has 0 aliphatic carbocycles. The lowest BCUT2D eigenvalue weighted by atomic mass is 10.2. The summed E-state index contributed by atoms with van der Waals surface area (Å²) in [6.45, 7) is 0.673. The van der Waals surface area contributed by atoms with Gasteiger partial charge in [0.05, 0.1) is 16.5 Å². The minimum Gasteiger partial charge on any atom is -0.406 e. The predicted molar refractivity (Wildman–Crippen MR) is 107 cm³/mol. The van der Waals surface area contributed by atoms with E-state index in [1.807, 2.05) is 6.07 Å². The van der Waals surface area contributed by atoms with Crippen molar-refractivity contribution in [2.75, 3.05) is 26.2 Å². The number of benzene rings is 2. The van der Waals surface area contributed by atoms with Gasteiger partial charge in [-0.2, -0.15) is 9.57 Å². The molecule has 0 aromatic heterocycles. The van der Waals surface area contributed by atoms with E-state index < -0.39 is 22.4 Å². The Balaban J connectivity index is 1.50. The van der Waals surface area contributed by atoms with Crippen LogP contribution in [0.25, 0.3) is 0 Å². The van der Waals surface area contributed by atoms with E-state index in [0.29, 0.717) is 11.1 Å². The molecule has 0 unspecified atom stereocenters. The Kier molecular flexibility index (Phi) is 6.90. The van der Waals surface area contributed by atoms with E-state index in [2.05, 4.69) is 10.1 Å². The maximum atomic E-state index is 12.7. The summed E-state index contributed by atoms with van der Waals surface area (Å²) < 4.78 is 67.1. The van der Waals surface area contributed by atoms with Gasteiger partial charge in [-0.3, -0.25) is 0 Å². The van der Waals surface area contributed by atoms with Gasteiger partial charge in [-0.1, -0.05) is 12.1 Å². The second-order valence-corrected chi connectivity index (χ2v) is 8.82. The predicted octanol–water partition coefficient (Wildman–Crippen LogP) is 2.67. The number of urea groups is 1. The van der Waals surface area contributed by atoms with Crippen LogP contribution in [0.4, 0.5) is 18.0 Å². The van der Waals surface area contributed by atoms with Gasteiger partial charge in [0, 0.05) is 32.7 Å². The van der Waals surface area contributed by atoms with Crippen molar-refractivity contribution in [1.82, 2.24) is 14.5 Å². The zero-order valence-corrected chi connectivity index (χ0v) is 17.5. The van der Waals surface area contributed by atoms with Gasteiger partial charge in [-0.05, 0) is 42.0 Å². The molecule has 0 saturated carbocycles. The van der Waals surface area contributed by atoms with E-state index in [1.165, 1.54) is 45.6 Å². The van der Waals surface area contributed by atoms with Crippen LogP contribution in [0.5, 0.6) is 5.75 Å². The van der Waals surface area contributed by atoms with Crippen LogP contribution in [0.3, 0.4) is 0 Å². The normalized spacial score (nSPS) is 15.1. The number of rotatable bonds is 5. The topological polar surface area (TPSA) is 103 Å². The van der Waals surface area contributed by atoms with Crippen molar-refractivity contribution in [3.63, 3.8) is 0 Å². The third-order valence-electron chi connectivity index (χ3n) is 4.75. The minimum atomic E-state index is -4.77. The highest BCUT2D eigenvalue weighted by molar-refractivity contribution is 7.89. The monoisotopic (exact) mass is 468 g/mol. The van der Waals surface area contributed by atoms with Gasteiger partial charge in [0.25, 0.3) is 0 Å². The van der Waals surface area contributed by atoms with Gasteiger partial charge in [0.2, 0.25) is 10.0 Å². The Morgan fingerprint density at radius 3 is 2.16 bits per heavy atom. The van der Waals surface area contributed by atoms with Gasteiger partial charge in [-0.15, -0.1) is 13.2 Å². The van der Waals surface area contributed by atoms with E-state index in [4.69, 9.17) is 5.26 Å². The Morgan fingerprint density at radius 1 is 1.03 bits per heavy atom. The highest BCUT2D eigenvalue weighted by atomic mass is 32.2. The summed E-state index contributed by atoms with van der Waals surface area (Å²) in [7, 11) is -3.73. The number of amides is 2. The van der Waals surface area contributed by atoms with E-state index in [1.54, 1.807) is 0 Å². The molecule has 1 aliphatic rings. The second-order valence-electron chi connectivity index (χ2n) is 6.88. The summed E-state index contributed by atoms with van der Waals surface area (Å²) in [4.78, 5) is 13.9. The van der Waals surface area contributed by atoms with Crippen molar-refractivity contribution >= 4 is 16.1 Å². The molecule has 32 heavy (non-hydrogen) atoms. The van der Waals surface area contributed by atoms with Crippen molar-refractivity contribution in [2.24, 2.45) is 0 Å². The number of carbonyl (C=O) groups is 1. The van der Waals surface area contributed by atoms with Crippen LogP contribution in [-0.4, -0.2) is 56.2 Å². The van der Waals surface area contributed by atoms with E-state index in [-0.39, 0.29) is 43.4 Å². The first-order valence-electron chi connectivity index (χ1n) is 9.46. The van der Waals surface area contributed by atoms with E-state index in [9.17, 15) is 26.4 Å².